The van der Waals surface area contributed by atoms with Crippen molar-refractivity contribution in [2.75, 3.05) is 0 Å². The summed E-state index contributed by atoms with van der Waals surface area (Å²) in [5, 5.41) is 0. The van der Waals surface area contributed by atoms with E-state index in [1.807, 2.05) is 0 Å². The molecule has 0 aromatic carbocycles. The van der Waals surface area contributed by atoms with Crippen LogP contribution in [0.4, 0.5) is 0 Å². The molecule has 0 saturated heterocycles. The minimum absolute atomic E-state index is 0. The van der Waals surface area contributed by atoms with Crippen molar-refractivity contribution in [1.29, 1.82) is 0 Å². The molecule has 0 amide bonds. The molecule has 0 N–H and O–H groups in total. The summed E-state index contributed by atoms with van der Waals surface area (Å²) in [5.41, 5.74) is 0. The van der Waals surface area contributed by atoms with Gasteiger partial charge in [-0.2, -0.15) is 0 Å². The molecule has 1 radical (unpaired) electrons. The molecule has 21 valence electrons. The Balaban J connectivity index is -0.00000000500. The Morgan fingerprint density at radius 1 is 1.25 bits per heavy atom. The van der Waals surface area contributed by atoms with Gasteiger partial charge in [0.2, 0.25) is 0 Å². The van der Waals surface area contributed by atoms with Gasteiger partial charge in [0.05, 0.1) is 0 Å². The molecule has 0 aromatic heterocycles. The summed E-state index contributed by atoms with van der Waals surface area (Å²) in [6, 6.07) is 0. The molecule has 0 heterocycles. The summed E-state index contributed by atoms with van der Waals surface area (Å²) in [7, 11) is 0. The van der Waals surface area contributed by atoms with Crippen LogP contribution in [0.15, 0.2) is 0 Å². The third-order valence-electron chi connectivity index (χ3n) is 0. The second kappa shape index (κ2) is 16.9. The Morgan fingerprint density at radius 2 is 1.25 bits per heavy atom. The van der Waals surface area contributed by atoms with E-state index in [4.69, 9.17) is 3.57 Å². The van der Waals surface area contributed by atoms with Gasteiger partial charge in [-0.25, -0.2) is 0 Å². The van der Waals surface area contributed by atoms with Crippen LogP contribution in [-0.4, -0.2) is 25.8 Å². The average molecular weight is 351 g/mol. The van der Waals surface area contributed by atoms with Crippen LogP contribution in [0.5, 0.6) is 0 Å². The first-order valence-electron chi connectivity index (χ1n) is 0.289. The number of hydrogen-bond acceptors (Lipinski definition) is 1. The van der Waals surface area contributed by atoms with Gasteiger partial charge in [0.15, 0.2) is 0 Å². The summed E-state index contributed by atoms with van der Waals surface area (Å²) in [6.45, 7) is 0. The zero-order valence-corrected chi connectivity index (χ0v) is 6.89. The van der Waals surface area contributed by atoms with Gasteiger partial charge in [0, 0.05) is 49.4 Å². The third-order valence-corrected chi connectivity index (χ3v) is 0. The van der Waals surface area contributed by atoms with Crippen LogP contribution in [0.3, 0.4) is 0 Å². The molecule has 0 spiro atoms. The van der Waals surface area contributed by atoms with E-state index < -0.39 is 0 Å². The molecule has 0 fully saturated rings. The van der Waals surface area contributed by atoms with Crippen molar-refractivity contribution in [3.8, 4) is 0 Å². The molecule has 0 aliphatic carbocycles. The summed E-state index contributed by atoms with van der Waals surface area (Å²) in [5.74, 6) is 0. The van der Waals surface area contributed by atoms with Crippen LogP contribution in [-0.2, 0) is 21.8 Å². The van der Waals surface area contributed by atoms with Crippen LogP contribution in [0.1, 0.15) is 0 Å². The fraction of sp³-hybridized carbons (Fsp3) is 0. The first kappa shape index (κ1) is 15.8. The second-order valence-corrected chi connectivity index (χ2v) is 0. The van der Waals surface area contributed by atoms with Gasteiger partial charge in [0.25, 0.3) is 0 Å². The van der Waals surface area contributed by atoms with E-state index >= 15 is 0 Å². The molecule has 4 heavy (non-hydrogen) atoms. The predicted molar refractivity (Wildman–Crippen MR) is 10.6 cm³/mol. The van der Waals surface area contributed by atoms with Gasteiger partial charge >= 0.3 is 47.7 Å². The fourth-order valence-electron chi connectivity index (χ4n) is 0. The minimum atomic E-state index is 0. The Kier molecular flexibility index (Phi) is 66.7. The van der Waals surface area contributed by atoms with Crippen LogP contribution < -0.4 is 0 Å². The van der Waals surface area contributed by atoms with Gasteiger partial charge in [-0.05, 0) is 0 Å². The Bertz CT molecular complexity index is 8.00. The molecular formula is H3EuInOZn. The molecule has 0 rings (SSSR count). The summed E-state index contributed by atoms with van der Waals surface area (Å²) in [4.78, 5) is 0. The molecule has 0 atom stereocenters. The van der Waals surface area contributed by atoms with Crippen molar-refractivity contribution in [2.45, 2.75) is 0 Å². The quantitative estimate of drug-likeness (QED) is 0.496. The second-order valence-electron chi connectivity index (χ2n) is 0. The van der Waals surface area contributed by atoms with E-state index in [1.54, 1.807) is 0 Å². The van der Waals surface area contributed by atoms with Crippen molar-refractivity contribution in [2.24, 2.45) is 0 Å². The maximum atomic E-state index is 8.38. The zero-order valence-electron chi connectivity index (χ0n) is 1.49. The summed E-state index contributed by atoms with van der Waals surface area (Å²) in [6.07, 6.45) is 0. The molecule has 1 nitrogen and oxygen atoms in total. The SMILES string of the molecule is [Eu].[InH3].[O]=[Zn]. The average Bonchev–Trinajstić information content (AvgIpc) is 1.00. The van der Waals surface area contributed by atoms with E-state index in [1.165, 1.54) is 0 Å². The van der Waals surface area contributed by atoms with Gasteiger partial charge in [-0.3, -0.25) is 0 Å². The Morgan fingerprint density at radius 3 is 1.25 bits per heavy atom. The van der Waals surface area contributed by atoms with Gasteiger partial charge in [0.1, 0.15) is 0 Å². The van der Waals surface area contributed by atoms with E-state index in [-0.39, 0.29) is 93.5 Å². The first-order chi connectivity index (χ1) is 1.00. The van der Waals surface area contributed by atoms with Crippen LogP contribution in [0.2, 0.25) is 0 Å². The molecule has 0 saturated carbocycles. The molecule has 0 unspecified atom stereocenters. The molecule has 0 aliphatic heterocycles. The molecule has 0 bridgehead atoms. The van der Waals surface area contributed by atoms with Gasteiger partial charge in [-0.15, -0.1) is 0 Å². The monoisotopic (exact) mass is 351 g/mol. The van der Waals surface area contributed by atoms with E-state index in [2.05, 4.69) is 0 Å². The van der Waals surface area contributed by atoms with E-state index in [0.29, 0.717) is 0 Å². The van der Waals surface area contributed by atoms with Crippen LogP contribution >= 0.6 is 0 Å². The van der Waals surface area contributed by atoms with Crippen molar-refractivity contribution in [1.82, 2.24) is 0 Å². The maximum absolute atomic E-state index is 8.38. The van der Waals surface area contributed by atoms with Crippen molar-refractivity contribution >= 4 is 25.8 Å². The normalized spacial score (nSPS) is 1.50. The number of hydrogen-bond donors (Lipinski definition) is 0. The van der Waals surface area contributed by atoms with Gasteiger partial charge < -0.3 is 0 Å². The number of rotatable bonds is 0. The standard InChI is InChI=1S/Eu.In.O.Zn.3H. The zero-order chi connectivity index (χ0) is 2.00. The third kappa shape index (κ3) is 8.86. The van der Waals surface area contributed by atoms with Gasteiger partial charge in [-0.1, -0.05) is 0 Å². The summed E-state index contributed by atoms with van der Waals surface area (Å²) >= 11 is 0.125. The molecule has 0 aliphatic rings. The molecule has 0 aromatic rings. The Labute approximate surface area is 94.6 Å². The van der Waals surface area contributed by atoms with Crippen molar-refractivity contribution < 1.29 is 71.2 Å². The summed E-state index contributed by atoms with van der Waals surface area (Å²) < 4.78 is 8.38. The predicted octanol–water partition coefficient (Wildman–Crippen LogP) is -1.31. The molecular weight excluding hydrogens is 348 g/mol. The van der Waals surface area contributed by atoms with E-state index in [9.17, 15) is 0 Å². The Hall–Kier alpha value is 2.88. The molecule has 4 heteroatoms. The fourth-order valence-corrected chi connectivity index (χ4v) is 0. The van der Waals surface area contributed by atoms with E-state index in [0.717, 1.165) is 0 Å². The van der Waals surface area contributed by atoms with Crippen LogP contribution in [0, 0.1) is 49.4 Å². The van der Waals surface area contributed by atoms with Crippen LogP contribution in [0.25, 0.3) is 0 Å². The first-order valence-corrected chi connectivity index (χ1v) is 1.50. The van der Waals surface area contributed by atoms with Crippen molar-refractivity contribution in [3.05, 3.63) is 0 Å². The van der Waals surface area contributed by atoms with Crippen molar-refractivity contribution in [3.63, 3.8) is 0 Å². The topological polar surface area (TPSA) is 17.1 Å².